The maximum Gasteiger partial charge on any atom is 0.251 e. The molecule has 0 saturated heterocycles. The Hall–Kier alpha value is -2.77. The van der Waals surface area contributed by atoms with E-state index in [0.29, 0.717) is 16.3 Å². The standard InChI is InChI=1S/C18H18ClN5O2/c1-18(2,10-25)21-17(26)14-7-13(12-3-5-15(19)6-4-12)8-16(9-14)24-11-20-22-23-24/h3-9,11,25H,10H2,1-2H3,(H,21,26). The zero-order valence-corrected chi connectivity index (χ0v) is 15.1. The van der Waals surface area contributed by atoms with Crippen molar-refractivity contribution < 1.29 is 9.90 Å². The average molecular weight is 372 g/mol. The number of tetrazole rings is 1. The van der Waals surface area contributed by atoms with Gasteiger partial charge in [0.15, 0.2) is 0 Å². The molecule has 0 unspecified atom stereocenters. The Kier molecular flexibility index (Phi) is 5.01. The Bertz CT molecular complexity index is 908. The molecule has 3 aromatic rings. The third kappa shape index (κ3) is 4.07. The van der Waals surface area contributed by atoms with Gasteiger partial charge in [-0.25, -0.2) is 4.68 Å². The number of hydrogen-bond acceptors (Lipinski definition) is 5. The van der Waals surface area contributed by atoms with Gasteiger partial charge in [0.05, 0.1) is 17.8 Å². The Balaban J connectivity index is 2.06. The average Bonchev–Trinajstić information content (AvgIpc) is 3.16. The van der Waals surface area contributed by atoms with E-state index < -0.39 is 5.54 Å². The van der Waals surface area contributed by atoms with Gasteiger partial charge in [-0.3, -0.25) is 4.79 Å². The van der Waals surface area contributed by atoms with Crippen LogP contribution in [0.25, 0.3) is 16.8 Å². The van der Waals surface area contributed by atoms with Crippen LogP contribution in [0.1, 0.15) is 24.2 Å². The third-order valence-electron chi connectivity index (χ3n) is 3.82. The van der Waals surface area contributed by atoms with Crippen molar-refractivity contribution in [2.45, 2.75) is 19.4 Å². The molecule has 134 valence electrons. The van der Waals surface area contributed by atoms with E-state index >= 15 is 0 Å². The number of amides is 1. The van der Waals surface area contributed by atoms with Gasteiger partial charge in [-0.2, -0.15) is 0 Å². The number of nitrogens with one attached hydrogen (secondary N) is 1. The zero-order chi connectivity index (χ0) is 18.7. The molecule has 0 atom stereocenters. The van der Waals surface area contributed by atoms with Crippen molar-refractivity contribution in [3.05, 3.63) is 59.4 Å². The van der Waals surface area contributed by atoms with Gasteiger partial charge < -0.3 is 10.4 Å². The number of halogens is 1. The molecule has 8 heteroatoms. The minimum Gasteiger partial charge on any atom is -0.394 e. The smallest absolute Gasteiger partial charge is 0.251 e. The molecule has 0 fully saturated rings. The molecular weight excluding hydrogens is 354 g/mol. The predicted molar refractivity (Wildman–Crippen MR) is 98.2 cm³/mol. The summed E-state index contributed by atoms with van der Waals surface area (Å²) in [6.45, 7) is 3.32. The van der Waals surface area contributed by atoms with Gasteiger partial charge in [0.25, 0.3) is 5.91 Å². The summed E-state index contributed by atoms with van der Waals surface area (Å²) < 4.78 is 1.48. The number of carbonyl (C=O) groups is 1. The van der Waals surface area contributed by atoms with Crippen LogP contribution in [0.2, 0.25) is 5.02 Å². The van der Waals surface area contributed by atoms with Gasteiger partial charge in [-0.05, 0) is 65.7 Å². The molecule has 0 spiro atoms. The Morgan fingerprint density at radius 2 is 1.92 bits per heavy atom. The van der Waals surface area contributed by atoms with Crippen LogP contribution < -0.4 is 5.32 Å². The maximum absolute atomic E-state index is 12.7. The highest BCUT2D eigenvalue weighted by molar-refractivity contribution is 6.30. The zero-order valence-electron chi connectivity index (χ0n) is 14.3. The summed E-state index contributed by atoms with van der Waals surface area (Å²) in [5.41, 5.74) is 2.07. The molecule has 0 aliphatic heterocycles. The fraction of sp³-hybridized carbons (Fsp3) is 0.222. The van der Waals surface area contributed by atoms with Crippen LogP contribution in [0.4, 0.5) is 0 Å². The maximum atomic E-state index is 12.7. The highest BCUT2D eigenvalue weighted by Crippen LogP contribution is 2.25. The first-order valence-corrected chi connectivity index (χ1v) is 8.33. The number of rotatable bonds is 5. The van der Waals surface area contributed by atoms with Crippen molar-refractivity contribution in [2.75, 3.05) is 6.61 Å². The van der Waals surface area contributed by atoms with E-state index in [4.69, 9.17) is 11.6 Å². The molecule has 3 rings (SSSR count). The minimum atomic E-state index is -0.734. The van der Waals surface area contributed by atoms with E-state index in [1.54, 1.807) is 38.1 Å². The molecule has 1 heterocycles. The summed E-state index contributed by atoms with van der Waals surface area (Å²) in [7, 11) is 0. The van der Waals surface area contributed by atoms with Gasteiger partial charge >= 0.3 is 0 Å². The Morgan fingerprint density at radius 3 is 2.54 bits per heavy atom. The van der Waals surface area contributed by atoms with E-state index in [2.05, 4.69) is 20.8 Å². The summed E-state index contributed by atoms with van der Waals surface area (Å²) in [6.07, 6.45) is 1.46. The first kappa shape index (κ1) is 18.0. The molecule has 0 aliphatic rings. The predicted octanol–water partition coefficient (Wildman–Crippen LogP) is 2.48. The summed E-state index contributed by atoms with van der Waals surface area (Å²) in [6, 6.07) is 12.7. The SMILES string of the molecule is CC(C)(CO)NC(=O)c1cc(-c2ccc(Cl)cc2)cc(-n2cnnn2)c1. The Morgan fingerprint density at radius 1 is 1.19 bits per heavy atom. The van der Waals surface area contributed by atoms with Gasteiger partial charge in [-0.15, -0.1) is 5.10 Å². The van der Waals surface area contributed by atoms with Crippen LogP contribution in [0.3, 0.4) is 0 Å². The van der Waals surface area contributed by atoms with Crippen molar-refractivity contribution in [2.24, 2.45) is 0 Å². The normalized spacial score (nSPS) is 11.4. The van der Waals surface area contributed by atoms with E-state index in [0.717, 1.165) is 11.1 Å². The summed E-state index contributed by atoms with van der Waals surface area (Å²) in [4.78, 5) is 12.7. The summed E-state index contributed by atoms with van der Waals surface area (Å²) >= 11 is 5.96. The van der Waals surface area contributed by atoms with Crippen LogP contribution >= 0.6 is 11.6 Å². The minimum absolute atomic E-state index is 0.171. The molecule has 0 aliphatic carbocycles. The molecule has 26 heavy (non-hydrogen) atoms. The second-order valence-electron chi connectivity index (χ2n) is 6.53. The quantitative estimate of drug-likeness (QED) is 0.718. The Labute approximate surface area is 155 Å². The number of carbonyl (C=O) groups excluding carboxylic acids is 1. The second kappa shape index (κ2) is 7.23. The lowest BCUT2D eigenvalue weighted by Crippen LogP contribution is -2.46. The van der Waals surface area contributed by atoms with E-state index in [1.165, 1.54) is 11.0 Å². The molecule has 0 saturated carbocycles. The number of aliphatic hydroxyl groups is 1. The molecule has 2 aromatic carbocycles. The van der Waals surface area contributed by atoms with Crippen molar-refractivity contribution in [3.63, 3.8) is 0 Å². The number of nitrogens with zero attached hydrogens (tertiary/aromatic N) is 4. The largest absolute Gasteiger partial charge is 0.394 e. The van der Waals surface area contributed by atoms with Crippen LogP contribution in [-0.4, -0.2) is 43.4 Å². The van der Waals surface area contributed by atoms with Crippen molar-refractivity contribution >= 4 is 17.5 Å². The lowest BCUT2D eigenvalue weighted by molar-refractivity contribution is 0.0869. The fourth-order valence-electron chi connectivity index (χ4n) is 2.38. The van der Waals surface area contributed by atoms with Crippen molar-refractivity contribution in [1.82, 2.24) is 25.5 Å². The topological polar surface area (TPSA) is 92.9 Å². The van der Waals surface area contributed by atoms with E-state index in [9.17, 15) is 9.90 Å². The lowest BCUT2D eigenvalue weighted by atomic mass is 10.0. The monoisotopic (exact) mass is 371 g/mol. The molecule has 0 radical (unpaired) electrons. The van der Waals surface area contributed by atoms with Crippen LogP contribution in [-0.2, 0) is 0 Å². The molecule has 2 N–H and O–H groups in total. The number of aromatic nitrogens is 4. The van der Waals surface area contributed by atoms with Gasteiger partial charge in [0, 0.05) is 10.6 Å². The molecule has 1 amide bonds. The molecule has 0 bridgehead atoms. The van der Waals surface area contributed by atoms with Crippen LogP contribution in [0, 0.1) is 0 Å². The second-order valence-corrected chi connectivity index (χ2v) is 6.96. The first-order chi connectivity index (χ1) is 12.4. The highest BCUT2D eigenvalue weighted by atomic mass is 35.5. The van der Waals surface area contributed by atoms with E-state index in [1.807, 2.05) is 18.2 Å². The van der Waals surface area contributed by atoms with Crippen molar-refractivity contribution in [3.8, 4) is 16.8 Å². The van der Waals surface area contributed by atoms with Gasteiger partial charge in [0.2, 0.25) is 0 Å². The molecule has 1 aromatic heterocycles. The van der Waals surface area contributed by atoms with Crippen LogP contribution in [0.5, 0.6) is 0 Å². The van der Waals surface area contributed by atoms with Gasteiger partial charge in [0.1, 0.15) is 6.33 Å². The first-order valence-electron chi connectivity index (χ1n) is 7.96. The number of aliphatic hydroxyl groups excluding tert-OH is 1. The van der Waals surface area contributed by atoms with Gasteiger partial charge in [-0.1, -0.05) is 23.7 Å². The summed E-state index contributed by atoms with van der Waals surface area (Å²) in [5, 5.41) is 24.0. The van der Waals surface area contributed by atoms with E-state index in [-0.39, 0.29) is 12.5 Å². The number of benzene rings is 2. The molecular formula is C18H18ClN5O2. The third-order valence-corrected chi connectivity index (χ3v) is 4.07. The molecule has 7 nitrogen and oxygen atoms in total. The van der Waals surface area contributed by atoms with Crippen molar-refractivity contribution in [1.29, 1.82) is 0 Å². The lowest BCUT2D eigenvalue weighted by Gasteiger charge is -2.23. The highest BCUT2D eigenvalue weighted by Gasteiger charge is 2.21. The summed E-state index contributed by atoms with van der Waals surface area (Å²) in [5.74, 6) is -0.297. The number of hydrogen-bond donors (Lipinski definition) is 2. The fourth-order valence-corrected chi connectivity index (χ4v) is 2.51. The van der Waals surface area contributed by atoms with Crippen LogP contribution in [0.15, 0.2) is 48.8 Å².